The third-order valence-electron chi connectivity index (χ3n) is 6.39. The monoisotopic (exact) mass is 392 g/mol. The second-order valence-electron chi connectivity index (χ2n) is 8.44. The summed E-state index contributed by atoms with van der Waals surface area (Å²) in [6.45, 7) is 6.47. The van der Waals surface area contributed by atoms with Crippen LogP contribution < -0.4 is 4.74 Å². The fourth-order valence-electron chi connectivity index (χ4n) is 4.56. The van der Waals surface area contributed by atoms with Gasteiger partial charge in [-0.15, -0.1) is 0 Å². The van der Waals surface area contributed by atoms with Crippen molar-refractivity contribution >= 4 is 17.6 Å². The van der Waals surface area contributed by atoms with Crippen molar-refractivity contribution in [2.75, 3.05) is 7.11 Å². The van der Waals surface area contributed by atoms with Crippen molar-refractivity contribution in [2.24, 2.45) is 0 Å². The van der Waals surface area contributed by atoms with Gasteiger partial charge in [0.05, 0.1) is 12.7 Å². The lowest BCUT2D eigenvalue weighted by Crippen LogP contribution is -2.25. The second-order valence-corrected chi connectivity index (χ2v) is 8.44. The average molecular weight is 393 g/mol. The van der Waals surface area contributed by atoms with Crippen molar-refractivity contribution < 1.29 is 14.6 Å². The molecule has 1 aliphatic rings. The molecule has 0 aliphatic heterocycles. The Labute approximate surface area is 174 Å². The van der Waals surface area contributed by atoms with Crippen molar-refractivity contribution in [3.63, 3.8) is 0 Å². The summed E-state index contributed by atoms with van der Waals surface area (Å²) in [7, 11) is 1.75. The molecule has 1 N–H and O–H groups in total. The molecule has 1 saturated carbocycles. The number of carbonyl (C=O) groups is 1. The number of hydrogen-bond donors (Lipinski definition) is 1. The molecule has 0 bridgehead atoms. The summed E-state index contributed by atoms with van der Waals surface area (Å²) < 4.78 is 5.71. The van der Waals surface area contributed by atoms with E-state index in [4.69, 9.17) is 4.74 Å². The molecule has 0 aromatic heterocycles. The van der Waals surface area contributed by atoms with Crippen LogP contribution in [0.25, 0.3) is 11.6 Å². The molecule has 2 aromatic carbocycles. The summed E-state index contributed by atoms with van der Waals surface area (Å²) in [5.41, 5.74) is 6.11. The quantitative estimate of drug-likeness (QED) is 0.554. The van der Waals surface area contributed by atoms with Crippen LogP contribution in [0.5, 0.6) is 5.75 Å². The van der Waals surface area contributed by atoms with Gasteiger partial charge in [0.2, 0.25) is 0 Å². The summed E-state index contributed by atoms with van der Waals surface area (Å²) in [6.07, 6.45) is 9.11. The van der Waals surface area contributed by atoms with E-state index in [9.17, 15) is 9.90 Å². The summed E-state index contributed by atoms with van der Waals surface area (Å²) in [4.78, 5) is 11.4. The molecule has 1 aliphatic carbocycles. The summed E-state index contributed by atoms with van der Waals surface area (Å²) >= 11 is 0. The number of hydrogen-bond acceptors (Lipinski definition) is 2. The third-order valence-corrected chi connectivity index (χ3v) is 6.39. The fourth-order valence-corrected chi connectivity index (χ4v) is 4.56. The molecular formula is C26H32O3. The van der Waals surface area contributed by atoms with Crippen molar-refractivity contribution in [3.8, 4) is 5.75 Å². The molecule has 154 valence electrons. The van der Waals surface area contributed by atoms with Crippen molar-refractivity contribution in [1.82, 2.24) is 0 Å². The zero-order valence-corrected chi connectivity index (χ0v) is 18.0. The zero-order chi connectivity index (χ0) is 21.0. The number of benzene rings is 2. The average Bonchev–Trinajstić information content (AvgIpc) is 2.73. The number of aryl methyl sites for hydroxylation is 1. The first kappa shape index (κ1) is 21.2. The highest BCUT2D eigenvalue weighted by Gasteiger charge is 2.31. The molecule has 1 fully saturated rings. The van der Waals surface area contributed by atoms with Gasteiger partial charge < -0.3 is 9.84 Å². The van der Waals surface area contributed by atoms with Crippen molar-refractivity contribution in [2.45, 2.75) is 64.7 Å². The van der Waals surface area contributed by atoms with Crippen LogP contribution >= 0.6 is 0 Å². The van der Waals surface area contributed by atoms with Gasteiger partial charge in [-0.1, -0.05) is 57.4 Å². The van der Waals surface area contributed by atoms with Crippen molar-refractivity contribution in [3.05, 3.63) is 64.2 Å². The molecule has 0 amide bonds. The van der Waals surface area contributed by atoms with E-state index < -0.39 is 5.97 Å². The van der Waals surface area contributed by atoms with Crippen LogP contribution in [-0.2, 0) is 11.8 Å². The van der Waals surface area contributed by atoms with Crippen LogP contribution in [0.15, 0.2) is 36.4 Å². The number of aromatic carboxylic acids is 1. The molecule has 0 radical (unpaired) electrons. The SMILES string of the molecule is CCc1cc(/C=C(\C)c2ccc(OC)c(C3(C)CCCCC3)c2)ccc1C(=O)O. The molecule has 3 heteroatoms. The highest BCUT2D eigenvalue weighted by atomic mass is 16.5. The van der Waals surface area contributed by atoms with Gasteiger partial charge in [-0.25, -0.2) is 4.79 Å². The van der Waals surface area contributed by atoms with E-state index in [0.717, 1.165) is 16.9 Å². The van der Waals surface area contributed by atoms with Gasteiger partial charge >= 0.3 is 5.97 Å². The maximum atomic E-state index is 11.4. The number of rotatable bonds is 6. The van der Waals surface area contributed by atoms with Gasteiger partial charge in [0.15, 0.2) is 0 Å². The summed E-state index contributed by atoms with van der Waals surface area (Å²) in [6, 6.07) is 12.1. The van der Waals surface area contributed by atoms with Crippen molar-refractivity contribution in [1.29, 1.82) is 0 Å². The maximum absolute atomic E-state index is 11.4. The lowest BCUT2D eigenvalue weighted by Gasteiger charge is -2.35. The molecule has 0 saturated heterocycles. The van der Waals surface area contributed by atoms with Gasteiger partial charge in [-0.3, -0.25) is 0 Å². The predicted octanol–water partition coefficient (Wildman–Crippen LogP) is 6.74. The van der Waals surface area contributed by atoms with Crippen LogP contribution in [0.1, 0.15) is 85.5 Å². The number of carboxylic acid groups (broad SMARTS) is 1. The van der Waals surface area contributed by atoms with E-state index in [2.05, 4.69) is 38.1 Å². The summed E-state index contributed by atoms with van der Waals surface area (Å²) in [5.74, 6) is 0.111. The highest BCUT2D eigenvalue weighted by Crippen LogP contribution is 2.43. The minimum atomic E-state index is -0.866. The van der Waals surface area contributed by atoms with E-state index in [1.807, 2.05) is 19.1 Å². The molecular weight excluding hydrogens is 360 g/mol. The Hall–Kier alpha value is -2.55. The first-order valence-electron chi connectivity index (χ1n) is 10.6. The molecule has 29 heavy (non-hydrogen) atoms. The predicted molar refractivity (Wildman–Crippen MR) is 120 cm³/mol. The minimum absolute atomic E-state index is 0.165. The van der Waals surface area contributed by atoms with E-state index in [1.165, 1.54) is 48.8 Å². The van der Waals surface area contributed by atoms with Crippen LogP contribution in [0.3, 0.4) is 0 Å². The van der Waals surface area contributed by atoms with Gasteiger partial charge in [-0.2, -0.15) is 0 Å². The fraction of sp³-hybridized carbons (Fsp3) is 0.423. The first-order chi connectivity index (χ1) is 13.9. The van der Waals surface area contributed by atoms with Crippen LogP contribution in [0, 0.1) is 0 Å². The third kappa shape index (κ3) is 4.55. The molecule has 0 atom stereocenters. The van der Waals surface area contributed by atoms with Gasteiger partial charge in [0.1, 0.15) is 5.75 Å². The van der Waals surface area contributed by atoms with Crippen LogP contribution in [-0.4, -0.2) is 18.2 Å². The van der Waals surface area contributed by atoms with Gasteiger partial charge in [0, 0.05) is 5.56 Å². The Morgan fingerprint density at radius 2 is 1.86 bits per heavy atom. The van der Waals surface area contributed by atoms with E-state index in [-0.39, 0.29) is 5.41 Å². The smallest absolute Gasteiger partial charge is 0.335 e. The lowest BCUT2D eigenvalue weighted by atomic mass is 9.70. The number of carboxylic acids is 1. The van der Waals surface area contributed by atoms with Crippen LogP contribution in [0.4, 0.5) is 0 Å². The largest absolute Gasteiger partial charge is 0.496 e. The normalized spacial score (nSPS) is 16.5. The maximum Gasteiger partial charge on any atom is 0.335 e. The molecule has 2 aromatic rings. The Balaban J connectivity index is 1.98. The lowest BCUT2D eigenvalue weighted by molar-refractivity contribution is 0.0695. The molecule has 3 nitrogen and oxygen atoms in total. The number of allylic oxidation sites excluding steroid dienone is 1. The van der Waals surface area contributed by atoms with Crippen LogP contribution in [0.2, 0.25) is 0 Å². The first-order valence-corrected chi connectivity index (χ1v) is 10.6. The standard InChI is InChI=1S/C26H32O3/c1-5-20-16-19(9-11-22(20)25(27)28)15-18(2)21-10-12-24(29-4)23(17-21)26(3)13-7-6-8-14-26/h9-12,15-17H,5-8,13-14H2,1-4H3,(H,27,28)/b18-15+. The molecule has 0 spiro atoms. The molecule has 0 heterocycles. The van der Waals surface area contributed by atoms with E-state index in [1.54, 1.807) is 13.2 Å². The Morgan fingerprint density at radius 3 is 2.48 bits per heavy atom. The van der Waals surface area contributed by atoms with Gasteiger partial charge in [-0.05, 0) is 72.1 Å². The number of methoxy groups -OCH3 is 1. The summed E-state index contributed by atoms with van der Waals surface area (Å²) in [5, 5.41) is 9.35. The Kier molecular flexibility index (Phi) is 6.46. The minimum Gasteiger partial charge on any atom is -0.496 e. The van der Waals surface area contributed by atoms with E-state index >= 15 is 0 Å². The Bertz CT molecular complexity index is 918. The highest BCUT2D eigenvalue weighted by molar-refractivity contribution is 5.90. The topological polar surface area (TPSA) is 46.5 Å². The number of ether oxygens (including phenoxy) is 1. The molecule has 0 unspecified atom stereocenters. The molecule has 3 rings (SSSR count). The van der Waals surface area contributed by atoms with E-state index in [0.29, 0.717) is 12.0 Å². The van der Waals surface area contributed by atoms with Gasteiger partial charge in [0.25, 0.3) is 0 Å². The second kappa shape index (κ2) is 8.86. The zero-order valence-electron chi connectivity index (χ0n) is 18.0. The Morgan fingerprint density at radius 1 is 1.14 bits per heavy atom.